The van der Waals surface area contributed by atoms with Crippen molar-refractivity contribution in [2.45, 2.75) is 111 Å². The molecule has 270 valence electrons. The van der Waals surface area contributed by atoms with Crippen LogP contribution in [0.1, 0.15) is 88.5 Å². The minimum atomic E-state index is -1.00. The van der Waals surface area contributed by atoms with Crippen molar-refractivity contribution in [3.05, 3.63) is 53.4 Å². The first-order valence-corrected chi connectivity index (χ1v) is 17.0. The summed E-state index contributed by atoms with van der Waals surface area (Å²) < 4.78 is 10.4. The molecule has 14 nitrogen and oxygen atoms in total. The van der Waals surface area contributed by atoms with E-state index in [-0.39, 0.29) is 42.9 Å². The molecule has 6 N–H and O–H groups in total. The first kappa shape index (κ1) is 39.1. The Kier molecular flexibility index (Phi) is 15.2. The van der Waals surface area contributed by atoms with E-state index in [1.807, 2.05) is 44.2 Å². The number of nitrogens with one attached hydrogen (secondary N) is 5. The molecule has 1 aromatic carbocycles. The lowest BCUT2D eigenvalue weighted by Gasteiger charge is -2.29. The first-order chi connectivity index (χ1) is 23.2. The Morgan fingerprint density at radius 3 is 2.29 bits per heavy atom. The Morgan fingerprint density at radius 2 is 1.69 bits per heavy atom. The van der Waals surface area contributed by atoms with Crippen LogP contribution in [0.3, 0.4) is 0 Å². The number of aryl methyl sites for hydroxylation is 1. The summed E-state index contributed by atoms with van der Waals surface area (Å²) in [7, 11) is 0. The van der Waals surface area contributed by atoms with Crippen molar-refractivity contribution in [1.82, 2.24) is 31.7 Å². The molecule has 4 amide bonds. The zero-order valence-corrected chi connectivity index (χ0v) is 29.3. The van der Waals surface area contributed by atoms with Gasteiger partial charge in [0.1, 0.15) is 36.7 Å². The van der Waals surface area contributed by atoms with Crippen molar-refractivity contribution in [2.24, 2.45) is 17.8 Å². The van der Waals surface area contributed by atoms with Gasteiger partial charge in [-0.3, -0.25) is 29.3 Å². The molecule has 49 heavy (non-hydrogen) atoms. The molecular formula is C35H52N6O8. The van der Waals surface area contributed by atoms with Crippen molar-refractivity contribution in [1.29, 1.82) is 0 Å². The van der Waals surface area contributed by atoms with Crippen molar-refractivity contribution >= 4 is 29.6 Å². The summed E-state index contributed by atoms with van der Waals surface area (Å²) in [5, 5.41) is 28.1. The SMILES string of the molecule is Cc1cc(C(=O)N[C@@H](C)C(=O)N[C@H](C(=O)N[C@@H](CC(C)C)C(=O)N[C@H](CCC(=O)OCc2ccccc2)C[C@H]2CCN[C@@H]2O)C(C)C)no1. The summed E-state index contributed by atoms with van der Waals surface area (Å²) in [6.45, 7) is 11.3. The van der Waals surface area contributed by atoms with Gasteiger partial charge in [0.15, 0.2) is 5.69 Å². The number of rotatable bonds is 18. The lowest BCUT2D eigenvalue weighted by Crippen LogP contribution is -2.58. The fourth-order valence-corrected chi connectivity index (χ4v) is 5.59. The number of aromatic nitrogens is 1. The molecule has 2 heterocycles. The number of esters is 1. The number of nitrogens with zero attached hydrogens (tertiary/aromatic N) is 1. The van der Waals surface area contributed by atoms with E-state index in [4.69, 9.17) is 9.26 Å². The van der Waals surface area contributed by atoms with E-state index >= 15 is 0 Å². The summed E-state index contributed by atoms with van der Waals surface area (Å²) in [6.07, 6.45) is 1.08. The van der Waals surface area contributed by atoms with Crippen molar-refractivity contribution in [3.8, 4) is 0 Å². The number of aliphatic hydroxyl groups is 1. The van der Waals surface area contributed by atoms with Gasteiger partial charge in [-0.05, 0) is 63.5 Å². The average Bonchev–Trinajstić information content (AvgIpc) is 3.68. The van der Waals surface area contributed by atoms with Gasteiger partial charge >= 0.3 is 5.97 Å². The lowest BCUT2D eigenvalue weighted by atomic mass is 9.94. The van der Waals surface area contributed by atoms with E-state index in [0.29, 0.717) is 31.6 Å². The maximum absolute atomic E-state index is 13.7. The molecule has 0 radical (unpaired) electrons. The number of hydrogen-bond donors (Lipinski definition) is 6. The summed E-state index contributed by atoms with van der Waals surface area (Å²) in [4.78, 5) is 65.4. The highest BCUT2D eigenvalue weighted by molar-refractivity contribution is 5.97. The smallest absolute Gasteiger partial charge is 0.306 e. The molecule has 14 heteroatoms. The molecule has 0 spiro atoms. The van der Waals surface area contributed by atoms with E-state index in [0.717, 1.165) is 5.56 Å². The van der Waals surface area contributed by atoms with Crippen LogP contribution in [0, 0.1) is 24.7 Å². The second kappa shape index (κ2) is 19.0. The minimum absolute atomic E-state index is 0.0268. The summed E-state index contributed by atoms with van der Waals surface area (Å²) in [5.41, 5.74) is 0.892. The van der Waals surface area contributed by atoms with Crippen molar-refractivity contribution < 1.29 is 38.3 Å². The van der Waals surface area contributed by atoms with Crippen LogP contribution < -0.4 is 26.6 Å². The summed E-state index contributed by atoms with van der Waals surface area (Å²) >= 11 is 0. The molecule has 1 fully saturated rings. The number of carbonyl (C=O) groups is 5. The number of benzene rings is 1. The average molecular weight is 685 g/mol. The van der Waals surface area contributed by atoms with Crippen molar-refractivity contribution in [3.63, 3.8) is 0 Å². The number of amides is 4. The van der Waals surface area contributed by atoms with Crippen LogP contribution >= 0.6 is 0 Å². The molecule has 3 rings (SSSR count). The molecule has 1 aliphatic heterocycles. The van der Waals surface area contributed by atoms with Gasteiger partial charge in [0, 0.05) is 24.4 Å². The van der Waals surface area contributed by atoms with Gasteiger partial charge in [0.25, 0.3) is 5.91 Å². The topological polar surface area (TPSA) is 201 Å². The van der Waals surface area contributed by atoms with E-state index in [9.17, 15) is 29.1 Å². The number of ether oxygens (including phenoxy) is 1. The monoisotopic (exact) mass is 684 g/mol. The highest BCUT2D eigenvalue weighted by Gasteiger charge is 2.33. The molecule has 0 saturated carbocycles. The van der Waals surface area contributed by atoms with E-state index in [1.165, 1.54) is 13.0 Å². The van der Waals surface area contributed by atoms with Gasteiger partial charge in [0.2, 0.25) is 17.7 Å². The van der Waals surface area contributed by atoms with Gasteiger partial charge in [-0.25, -0.2) is 0 Å². The van der Waals surface area contributed by atoms with Gasteiger partial charge in [-0.15, -0.1) is 0 Å². The third-order valence-corrected chi connectivity index (χ3v) is 8.38. The summed E-state index contributed by atoms with van der Waals surface area (Å²) in [6, 6.07) is 7.38. The van der Waals surface area contributed by atoms with Crippen LogP contribution in [-0.2, 0) is 30.5 Å². The zero-order chi connectivity index (χ0) is 36.1. The molecule has 0 unspecified atom stereocenters. The Hall–Kier alpha value is -4.30. The second-order valence-corrected chi connectivity index (χ2v) is 13.5. The second-order valence-electron chi connectivity index (χ2n) is 13.5. The van der Waals surface area contributed by atoms with E-state index in [2.05, 4.69) is 31.7 Å². The van der Waals surface area contributed by atoms with E-state index in [1.54, 1.807) is 20.8 Å². The lowest BCUT2D eigenvalue weighted by molar-refractivity contribution is -0.145. The summed E-state index contributed by atoms with van der Waals surface area (Å²) in [5.74, 6) is -2.57. The largest absolute Gasteiger partial charge is 0.461 e. The van der Waals surface area contributed by atoms with Gasteiger partial charge in [-0.2, -0.15) is 0 Å². The maximum atomic E-state index is 13.7. The highest BCUT2D eigenvalue weighted by atomic mass is 16.5. The van der Waals surface area contributed by atoms with Gasteiger partial charge < -0.3 is 35.6 Å². The number of carbonyl (C=O) groups excluding carboxylic acids is 5. The number of hydrogen-bond acceptors (Lipinski definition) is 10. The van der Waals surface area contributed by atoms with Crippen LogP contribution in [0.15, 0.2) is 40.9 Å². The fraction of sp³-hybridized carbons (Fsp3) is 0.600. The van der Waals surface area contributed by atoms with Crippen molar-refractivity contribution in [2.75, 3.05) is 6.54 Å². The molecular weight excluding hydrogens is 632 g/mol. The highest BCUT2D eigenvalue weighted by Crippen LogP contribution is 2.22. The Bertz CT molecular complexity index is 1400. The molecule has 1 saturated heterocycles. The molecule has 1 aromatic heterocycles. The molecule has 0 bridgehead atoms. The Morgan fingerprint density at radius 1 is 0.980 bits per heavy atom. The minimum Gasteiger partial charge on any atom is -0.461 e. The van der Waals surface area contributed by atoms with Crippen LogP contribution in [0.5, 0.6) is 0 Å². The molecule has 0 aliphatic carbocycles. The van der Waals surface area contributed by atoms with E-state index < -0.39 is 60.0 Å². The van der Waals surface area contributed by atoms with Gasteiger partial charge in [-0.1, -0.05) is 63.2 Å². The third-order valence-electron chi connectivity index (χ3n) is 8.38. The van der Waals surface area contributed by atoms with Crippen LogP contribution in [0.2, 0.25) is 0 Å². The van der Waals surface area contributed by atoms with Crippen LogP contribution in [-0.4, -0.2) is 76.8 Å². The zero-order valence-electron chi connectivity index (χ0n) is 29.3. The molecule has 2 aromatic rings. The van der Waals surface area contributed by atoms with Crippen LogP contribution in [0.25, 0.3) is 0 Å². The Balaban J connectivity index is 1.64. The molecule has 1 aliphatic rings. The maximum Gasteiger partial charge on any atom is 0.306 e. The quantitative estimate of drug-likeness (QED) is 0.126. The first-order valence-electron chi connectivity index (χ1n) is 17.0. The standard InChI is InChI=1S/C35H52N6O8/c1-20(2)16-27(39-35(47)30(21(3)4)40-31(43)23(6)37-34(46)28-17-22(5)49-41-28)33(45)38-26(18-25-14-15-36-32(25)44)12-13-29(42)48-19-24-10-8-7-9-11-24/h7-11,17,20-21,23,25-27,30,32,36,44H,12-16,18-19H2,1-6H3,(H,37,46)(H,38,45)(H,39,47)(H,40,43)/t23-,25+,26+,27-,30-,32+/m0/s1. The van der Waals surface area contributed by atoms with Crippen LogP contribution in [0.4, 0.5) is 0 Å². The third kappa shape index (κ3) is 12.9. The predicted octanol–water partition coefficient (Wildman–Crippen LogP) is 2.10. The predicted molar refractivity (Wildman–Crippen MR) is 180 cm³/mol. The number of aliphatic hydroxyl groups excluding tert-OH is 1. The molecule has 6 atom stereocenters. The Labute approximate surface area is 287 Å². The van der Waals surface area contributed by atoms with Gasteiger partial charge in [0.05, 0.1) is 0 Å². The normalized spacial score (nSPS) is 18.3. The fourth-order valence-electron chi connectivity index (χ4n) is 5.59.